The first-order valence-corrected chi connectivity index (χ1v) is 12.2. The zero-order valence-corrected chi connectivity index (χ0v) is 19.8. The number of alkyl halides is 7. The van der Waals surface area contributed by atoms with E-state index in [2.05, 4.69) is 15.0 Å². The van der Waals surface area contributed by atoms with Gasteiger partial charge in [0.2, 0.25) is 5.95 Å². The minimum absolute atomic E-state index is 0.00392. The molecule has 37 heavy (non-hydrogen) atoms. The third-order valence-corrected chi connectivity index (χ3v) is 7.45. The van der Waals surface area contributed by atoms with E-state index in [4.69, 9.17) is 0 Å². The van der Waals surface area contributed by atoms with Crippen LogP contribution >= 0.6 is 0 Å². The van der Waals surface area contributed by atoms with Gasteiger partial charge in [0, 0.05) is 61.5 Å². The second-order valence-corrected chi connectivity index (χ2v) is 9.66. The van der Waals surface area contributed by atoms with Crippen LogP contribution in [-0.4, -0.2) is 53.5 Å². The lowest BCUT2D eigenvalue weighted by atomic mass is 9.76. The summed E-state index contributed by atoms with van der Waals surface area (Å²) in [5.74, 6) is -1.52. The fourth-order valence-corrected chi connectivity index (χ4v) is 5.42. The van der Waals surface area contributed by atoms with Crippen molar-refractivity contribution in [2.45, 2.75) is 44.7 Å². The number of rotatable bonds is 4. The highest BCUT2D eigenvalue weighted by Crippen LogP contribution is 2.46. The number of piperazine rings is 1. The van der Waals surface area contributed by atoms with E-state index in [1.165, 1.54) is 6.08 Å². The van der Waals surface area contributed by atoms with Crippen molar-refractivity contribution in [3.05, 3.63) is 52.5 Å². The second kappa shape index (κ2) is 9.68. The average molecular weight is 530 g/mol. The van der Waals surface area contributed by atoms with Crippen LogP contribution in [0.3, 0.4) is 0 Å². The van der Waals surface area contributed by atoms with Gasteiger partial charge in [0.25, 0.3) is 0 Å². The summed E-state index contributed by atoms with van der Waals surface area (Å²) in [6.07, 6.45) is -5.52. The molecule has 0 amide bonds. The van der Waals surface area contributed by atoms with E-state index in [0.29, 0.717) is 54.8 Å². The van der Waals surface area contributed by atoms with E-state index in [1.807, 2.05) is 9.80 Å². The molecule has 1 saturated heterocycles. The Morgan fingerprint density at radius 1 is 1.03 bits per heavy atom. The minimum Gasteiger partial charge on any atom is -0.353 e. The van der Waals surface area contributed by atoms with Gasteiger partial charge in [-0.2, -0.15) is 26.3 Å². The molecular formula is C25H26F7N5. The Labute approximate surface area is 209 Å². The number of H-pyrrole nitrogens is 1. The maximum atomic E-state index is 14.0. The topological polar surface area (TPSA) is 48.1 Å². The molecule has 2 aliphatic carbocycles. The fourth-order valence-electron chi connectivity index (χ4n) is 5.42. The summed E-state index contributed by atoms with van der Waals surface area (Å²) in [5, 5.41) is 0. The Hall–Kier alpha value is -3.05. The molecule has 0 radical (unpaired) electrons. The van der Waals surface area contributed by atoms with E-state index in [9.17, 15) is 30.7 Å². The number of halogens is 7. The molecule has 0 aromatic carbocycles. The van der Waals surface area contributed by atoms with E-state index in [1.54, 1.807) is 18.3 Å². The van der Waals surface area contributed by atoms with Crippen LogP contribution in [0.2, 0.25) is 0 Å². The Morgan fingerprint density at radius 3 is 2.38 bits per heavy atom. The molecule has 1 fully saturated rings. The number of pyridine rings is 1. The fraction of sp³-hybridized carbons (Fsp3) is 0.520. The van der Waals surface area contributed by atoms with E-state index in [-0.39, 0.29) is 31.4 Å². The SMILES string of the molecule is FCc1cccnc1N1CCN(c2nc3c([nH]2)CC(C2=CCC(C(F)(F)F)CC2)C(C(F)(F)F)=C3)CC1. The summed E-state index contributed by atoms with van der Waals surface area (Å²) in [4.78, 5) is 15.8. The molecule has 0 saturated carbocycles. The first kappa shape index (κ1) is 25.6. The summed E-state index contributed by atoms with van der Waals surface area (Å²) < 4.78 is 94.4. The van der Waals surface area contributed by atoms with Crippen LogP contribution in [-0.2, 0) is 13.1 Å². The summed E-state index contributed by atoms with van der Waals surface area (Å²) >= 11 is 0. The van der Waals surface area contributed by atoms with Crippen molar-refractivity contribution in [2.75, 3.05) is 36.0 Å². The predicted octanol–water partition coefficient (Wildman–Crippen LogP) is 6.01. The highest BCUT2D eigenvalue weighted by Gasteiger charge is 2.45. The molecule has 1 N–H and O–H groups in total. The van der Waals surface area contributed by atoms with Crippen LogP contribution in [0.25, 0.3) is 6.08 Å². The first-order chi connectivity index (χ1) is 17.5. The quantitative estimate of drug-likeness (QED) is 0.390. The molecule has 12 heteroatoms. The standard InChI is InChI=1S/C25H26F7N5/c26-14-16-2-1-7-33-22(16)36-8-10-37(11-9-36)23-34-20-12-18(19(25(30,31)32)13-21(20)35-23)15-3-5-17(6-4-15)24(27,28)29/h1-3,7,13,17-18H,4-6,8-12,14H2,(H,34,35). The lowest BCUT2D eigenvalue weighted by molar-refractivity contribution is -0.176. The highest BCUT2D eigenvalue weighted by molar-refractivity contribution is 5.61. The van der Waals surface area contributed by atoms with Crippen molar-refractivity contribution < 1.29 is 30.7 Å². The number of anilines is 2. The average Bonchev–Trinajstić information content (AvgIpc) is 3.30. The van der Waals surface area contributed by atoms with Gasteiger partial charge in [-0.3, -0.25) is 0 Å². The van der Waals surface area contributed by atoms with Crippen LogP contribution in [0.5, 0.6) is 0 Å². The van der Waals surface area contributed by atoms with Crippen LogP contribution in [0.15, 0.2) is 35.6 Å². The molecule has 1 aliphatic heterocycles. The third-order valence-electron chi connectivity index (χ3n) is 7.45. The summed E-state index contributed by atoms with van der Waals surface area (Å²) in [5.41, 5.74) is 0.875. The Morgan fingerprint density at radius 2 is 1.76 bits per heavy atom. The van der Waals surface area contributed by atoms with Gasteiger partial charge in [-0.15, -0.1) is 0 Å². The zero-order chi connectivity index (χ0) is 26.4. The van der Waals surface area contributed by atoms with E-state index < -0.39 is 36.4 Å². The maximum absolute atomic E-state index is 14.0. The number of nitrogens with zero attached hydrogens (tertiary/aromatic N) is 4. The van der Waals surface area contributed by atoms with Gasteiger partial charge < -0.3 is 14.8 Å². The van der Waals surface area contributed by atoms with Gasteiger partial charge in [0.15, 0.2) is 0 Å². The molecule has 2 unspecified atom stereocenters. The van der Waals surface area contributed by atoms with Crippen molar-refractivity contribution in [1.29, 1.82) is 0 Å². The van der Waals surface area contributed by atoms with Crippen molar-refractivity contribution in [3.8, 4) is 0 Å². The lowest BCUT2D eigenvalue weighted by Gasteiger charge is -2.35. The Kier molecular flexibility index (Phi) is 6.70. The maximum Gasteiger partial charge on any atom is 0.413 e. The van der Waals surface area contributed by atoms with Crippen LogP contribution in [0.4, 0.5) is 42.5 Å². The van der Waals surface area contributed by atoms with Crippen LogP contribution < -0.4 is 9.80 Å². The normalized spacial score (nSPS) is 23.0. The molecule has 0 bridgehead atoms. The first-order valence-electron chi connectivity index (χ1n) is 12.2. The van der Waals surface area contributed by atoms with E-state index in [0.717, 1.165) is 6.08 Å². The lowest BCUT2D eigenvalue weighted by Crippen LogP contribution is -2.47. The summed E-state index contributed by atoms with van der Waals surface area (Å²) in [7, 11) is 0. The molecule has 3 aliphatic rings. The molecule has 2 aromatic rings. The monoisotopic (exact) mass is 529 g/mol. The molecule has 2 atom stereocenters. The molecule has 0 spiro atoms. The van der Waals surface area contributed by atoms with Gasteiger partial charge >= 0.3 is 12.4 Å². The van der Waals surface area contributed by atoms with Crippen LogP contribution in [0, 0.1) is 11.8 Å². The number of aromatic nitrogens is 3. The van der Waals surface area contributed by atoms with Crippen molar-refractivity contribution in [2.24, 2.45) is 11.8 Å². The van der Waals surface area contributed by atoms with Crippen molar-refractivity contribution in [3.63, 3.8) is 0 Å². The van der Waals surface area contributed by atoms with Gasteiger partial charge in [-0.25, -0.2) is 14.4 Å². The summed E-state index contributed by atoms with van der Waals surface area (Å²) in [6.45, 7) is 1.47. The molecule has 200 valence electrons. The zero-order valence-electron chi connectivity index (χ0n) is 19.8. The van der Waals surface area contributed by atoms with Gasteiger partial charge in [0.05, 0.1) is 11.6 Å². The predicted molar refractivity (Wildman–Crippen MR) is 125 cm³/mol. The molecule has 5 rings (SSSR count). The number of allylic oxidation sites excluding steroid dienone is 3. The number of hydrogen-bond acceptors (Lipinski definition) is 4. The molecule has 2 aromatic heterocycles. The number of nitrogens with one attached hydrogen (secondary N) is 1. The molecular weight excluding hydrogens is 503 g/mol. The highest BCUT2D eigenvalue weighted by atomic mass is 19.4. The Balaban J connectivity index is 1.33. The Bertz CT molecular complexity index is 1190. The number of fused-ring (bicyclic) bond motifs is 1. The smallest absolute Gasteiger partial charge is 0.353 e. The number of aromatic amines is 1. The van der Waals surface area contributed by atoms with Crippen molar-refractivity contribution in [1.82, 2.24) is 15.0 Å². The van der Waals surface area contributed by atoms with Gasteiger partial charge in [0.1, 0.15) is 12.5 Å². The number of imidazole rings is 1. The largest absolute Gasteiger partial charge is 0.413 e. The number of hydrogen-bond donors (Lipinski definition) is 1. The van der Waals surface area contributed by atoms with E-state index >= 15 is 0 Å². The van der Waals surface area contributed by atoms with Crippen LogP contribution in [0.1, 0.15) is 36.2 Å². The summed E-state index contributed by atoms with van der Waals surface area (Å²) in [6, 6.07) is 3.36. The van der Waals surface area contributed by atoms with Crippen molar-refractivity contribution >= 4 is 17.8 Å². The van der Waals surface area contributed by atoms with Gasteiger partial charge in [-0.1, -0.05) is 17.7 Å². The van der Waals surface area contributed by atoms with Gasteiger partial charge in [-0.05, 0) is 31.4 Å². The second-order valence-electron chi connectivity index (χ2n) is 9.66. The molecule has 5 nitrogen and oxygen atoms in total. The third kappa shape index (κ3) is 5.19. The molecule has 3 heterocycles. The minimum atomic E-state index is -4.62.